The van der Waals surface area contributed by atoms with Crippen LogP contribution >= 0.6 is 11.3 Å². The second-order valence-corrected chi connectivity index (χ2v) is 4.93. The van der Waals surface area contributed by atoms with Crippen molar-refractivity contribution >= 4 is 28.6 Å². The number of benzene rings is 1. The summed E-state index contributed by atoms with van der Waals surface area (Å²) in [5.74, 6) is -0.788. The van der Waals surface area contributed by atoms with Crippen molar-refractivity contribution in [1.29, 1.82) is 0 Å². The van der Waals surface area contributed by atoms with Crippen LogP contribution in [0.5, 0.6) is 5.75 Å². The SMILES string of the molecule is CCc1ccsc1C(=O)Nc1c(O)cccc1[N+](=O)[O-]. The third-order valence-corrected chi connectivity index (χ3v) is 3.75. The molecule has 0 aliphatic rings. The molecule has 0 fully saturated rings. The van der Waals surface area contributed by atoms with Crippen LogP contribution < -0.4 is 5.32 Å². The Bertz CT molecular complexity index is 666. The molecule has 2 aromatic rings. The zero-order chi connectivity index (χ0) is 14.7. The summed E-state index contributed by atoms with van der Waals surface area (Å²) in [7, 11) is 0. The highest BCUT2D eigenvalue weighted by atomic mass is 32.1. The maximum Gasteiger partial charge on any atom is 0.296 e. The molecule has 1 heterocycles. The van der Waals surface area contributed by atoms with E-state index < -0.39 is 10.8 Å². The number of phenolic OH excluding ortho intramolecular Hbond substituents is 1. The van der Waals surface area contributed by atoms with Gasteiger partial charge in [0.1, 0.15) is 5.75 Å². The molecule has 0 aliphatic heterocycles. The van der Waals surface area contributed by atoms with Gasteiger partial charge in [-0.2, -0.15) is 0 Å². The fourth-order valence-corrected chi connectivity index (χ4v) is 2.68. The number of nitrogens with one attached hydrogen (secondary N) is 1. The largest absolute Gasteiger partial charge is 0.505 e. The maximum absolute atomic E-state index is 12.1. The van der Waals surface area contributed by atoms with Gasteiger partial charge in [0.15, 0.2) is 5.69 Å². The van der Waals surface area contributed by atoms with E-state index in [-0.39, 0.29) is 17.1 Å². The van der Waals surface area contributed by atoms with Crippen molar-refractivity contribution in [2.45, 2.75) is 13.3 Å². The molecule has 0 bridgehead atoms. The van der Waals surface area contributed by atoms with Gasteiger partial charge in [0.25, 0.3) is 11.6 Å². The third kappa shape index (κ3) is 2.62. The van der Waals surface area contributed by atoms with Crippen molar-refractivity contribution in [2.75, 3.05) is 5.32 Å². The molecule has 0 atom stereocenters. The second-order valence-electron chi connectivity index (χ2n) is 4.01. The molecular weight excluding hydrogens is 280 g/mol. The summed E-state index contributed by atoms with van der Waals surface area (Å²) in [6, 6.07) is 5.70. The highest BCUT2D eigenvalue weighted by Gasteiger charge is 2.21. The Kier molecular flexibility index (Phi) is 3.99. The van der Waals surface area contributed by atoms with Crippen LogP contribution in [0.2, 0.25) is 0 Å². The number of hydrogen-bond acceptors (Lipinski definition) is 5. The van der Waals surface area contributed by atoms with Crippen LogP contribution in [0.15, 0.2) is 29.6 Å². The molecule has 6 nitrogen and oxygen atoms in total. The molecule has 1 aromatic carbocycles. The van der Waals surface area contributed by atoms with Crippen LogP contribution in [0.1, 0.15) is 22.2 Å². The van der Waals surface area contributed by atoms with Gasteiger partial charge in [-0.3, -0.25) is 14.9 Å². The average Bonchev–Trinajstić information content (AvgIpc) is 2.89. The first-order valence-electron chi connectivity index (χ1n) is 5.88. The molecule has 0 spiro atoms. The number of aromatic hydroxyl groups is 1. The van der Waals surface area contributed by atoms with Crippen LogP contribution in [-0.2, 0) is 6.42 Å². The van der Waals surface area contributed by atoms with Crippen LogP contribution in [0, 0.1) is 10.1 Å². The van der Waals surface area contributed by atoms with Crippen LogP contribution in [0.4, 0.5) is 11.4 Å². The maximum atomic E-state index is 12.1. The predicted molar refractivity (Wildman–Crippen MR) is 76.4 cm³/mol. The third-order valence-electron chi connectivity index (χ3n) is 2.79. The molecular formula is C13H12N2O4S. The van der Waals surface area contributed by atoms with Crippen molar-refractivity contribution in [3.05, 3.63) is 50.2 Å². The monoisotopic (exact) mass is 292 g/mol. The molecule has 20 heavy (non-hydrogen) atoms. The average molecular weight is 292 g/mol. The number of amides is 1. The van der Waals surface area contributed by atoms with Crippen molar-refractivity contribution in [3.63, 3.8) is 0 Å². The van der Waals surface area contributed by atoms with Crippen LogP contribution in [0.25, 0.3) is 0 Å². The summed E-state index contributed by atoms with van der Waals surface area (Å²) in [4.78, 5) is 22.9. The lowest BCUT2D eigenvalue weighted by Gasteiger charge is -2.07. The number of anilines is 1. The van der Waals surface area contributed by atoms with Crippen molar-refractivity contribution < 1.29 is 14.8 Å². The Labute approximate surface area is 118 Å². The topological polar surface area (TPSA) is 92.5 Å². The number of carbonyl (C=O) groups is 1. The molecule has 1 aromatic heterocycles. The standard InChI is InChI=1S/C13H12N2O4S/c1-2-8-6-7-20-12(8)13(17)14-11-9(15(18)19)4-3-5-10(11)16/h3-7,16H,2H2,1H3,(H,14,17). The van der Waals surface area contributed by atoms with Gasteiger partial charge >= 0.3 is 0 Å². The molecule has 104 valence electrons. The lowest BCUT2D eigenvalue weighted by atomic mass is 10.2. The van der Waals surface area contributed by atoms with Gasteiger partial charge in [-0.25, -0.2) is 0 Å². The van der Waals surface area contributed by atoms with E-state index in [1.54, 1.807) is 5.38 Å². The number of nitrogens with zero attached hydrogens (tertiary/aromatic N) is 1. The number of nitro groups is 1. The predicted octanol–water partition coefficient (Wildman–Crippen LogP) is 3.18. The van der Waals surface area contributed by atoms with Gasteiger partial charge in [-0.05, 0) is 29.5 Å². The highest BCUT2D eigenvalue weighted by Crippen LogP contribution is 2.34. The Morgan fingerprint density at radius 2 is 2.20 bits per heavy atom. The molecule has 0 saturated carbocycles. The summed E-state index contributed by atoms with van der Waals surface area (Å²) < 4.78 is 0. The normalized spacial score (nSPS) is 10.2. The van der Waals surface area contributed by atoms with Gasteiger partial charge in [0, 0.05) is 6.07 Å². The number of rotatable bonds is 4. The summed E-state index contributed by atoms with van der Waals surface area (Å²) in [5.41, 5.74) is 0.344. The smallest absolute Gasteiger partial charge is 0.296 e. The fourth-order valence-electron chi connectivity index (χ4n) is 1.79. The number of nitro benzene ring substituents is 1. The molecule has 0 radical (unpaired) electrons. The molecule has 0 aliphatic carbocycles. The minimum Gasteiger partial charge on any atom is -0.505 e. The second kappa shape index (κ2) is 5.70. The van der Waals surface area contributed by atoms with E-state index in [9.17, 15) is 20.0 Å². The molecule has 2 N–H and O–H groups in total. The van der Waals surface area contributed by atoms with E-state index in [0.717, 1.165) is 5.56 Å². The Balaban J connectivity index is 2.35. The van der Waals surface area contributed by atoms with Crippen molar-refractivity contribution in [3.8, 4) is 5.75 Å². The van der Waals surface area contributed by atoms with Gasteiger partial charge in [0.05, 0.1) is 9.80 Å². The molecule has 7 heteroatoms. The first-order chi connectivity index (χ1) is 9.54. The van der Waals surface area contributed by atoms with Crippen molar-refractivity contribution in [1.82, 2.24) is 0 Å². The fraction of sp³-hybridized carbons (Fsp3) is 0.154. The van der Waals surface area contributed by atoms with Crippen LogP contribution in [0.3, 0.4) is 0 Å². The minimum absolute atomic E-state index is 0.182. The number of para-hydroxylation sites is 1. The molecule has 0 unspecified atom stereocenters. The quantitative estimate of drug-likeness (QED) is 0.514. The lowest BCUT2D eigenvalue weighted by molar-refractivity contribution is -0.384. The number of carbonyl (C=O) groups excluding carboxylic acids is 1. The lowest BCUT2D eigenvalue weighted by Crippen LogP contribution is -2.13. The number of thiophene rings is 1. The van der Waals surface area contributed by atoms with E-state index in [1.165, 1.54) is 29.5 Å². The number of hydrogen-bond donors (Lipinski definition) is 2. The van der Waals surface area contributed by atoms with E-state index >= 15 is 0 Å². The van der Waals surface area contributed by atoms with Gasteiger partial charge < -0.3 is 10.4 Å². The van der Waals surface area contributed by atoms with Crippen molar-refractivity contribution in [2.24, 2.45) is 0 Å². The summed E-state index contributed by atoms with van der Waals surface area (Å²) in [5, 5.41) is 24.8. The summed E-state index contributed by atoms with van der Waals surface area (Å²) >= 11 is 1.26. The van der Waals surface area contributed by atoms with E-state index in [2.05, 4.69) is 5.32 Å². The summed E-state index contributed by atoms with van der Waals surface area (Å²) in [6.07, 6.45) is 0.690. The van der Waals surface area contributed by atoms with Gasteiger partial charge in [0.2, 0.25) is 0 Å². The molecule has 2 rings (SSSR count). The number of aryl methyl sites for hydroxylation is 1. The first-order valence-corrected chi connectivity index (χ1v) is 6.76. The first kappa shape index (κ1) is 14.0. The molecule has 1 amide bonds. The molecule has 0 saturated heterocycles. The van der Waals surface area contributed by atoms with E-state index in [1.807, 2.05) is 13.0 Å². The van der Waals surface area contributed by atoms with Crippen LogP contribution in [-0.4, -0.2) is 15.9 Å². The zero-order valence-electron chi connectivity index (χ0n) is 10.6. The minimum atomic E-state index is -0.648. The van der Waals surface area contributed by atoms with E-state index in [0.29, 0.717) is 11.3 Å². The van der Waals surface area contributed by atoms with Gasteiger partial charge in [-0.1, -0.05) is 13.0 Å². The summed E-state index contributed by atoms with van der Waals surface area (Å²) in [6.45, 7) is 1.92. The number of phenols is 1. The van der Waals surface area contributed by atoms with Gasteiger partial charge in [-0.15, -0.1) is 11.3 Å². The Morgan fingerprint density at radius 1 is 1.45 bits per heavy atom. The Hall–Kier alpha value is -2.41. The Morgan fingerprint density at radius 3 is 2.85 bits per heavy atom. The zero-order valence-corrected chi connectivity index (χ0v) is 11.4. The highest BCUT2D eigenvalue weighted by molar-refractivity contribution is 7.12. The van der Waals surface area contributed by atoms with E-state index in [4.69, 9.17) is 0 Å².